The molecule has 2 heterocycles. The molecule has 120 valence electrons. The van der Waals surface area contributed by atoms with Gasteiger partial charge in [-0.3, -0.25) is 4.90 Å². The molecule has 8 heteroatoms. The quantitative estimate of drug-likeness (QED) is 0.702. The minimum absolute atomic E-state index is 0.0302. The van der Waals surface area contributed by atoms with Crippen LogP contribution in [0.3, 0.4) is 0 Å². The van der Waals surface area contributed by atoms with Crippen molar-refractivity contribution in [3.05, 3.63) is 17.9 Å². The van der Waals surface area contributed by atoms with Gasteiger partial charge in [0.1, 0.15) is 5.76 Å². The Hall–Kier alpha value is -0.930. The van der Waals surface area contributed by atoms with Crippen LogP contribution in [0.15, 0.2) is 21.6 Å². The van der Waals surface area contributed by atoms with Gasteiger partial charge >= 0.3 is 0 Å². The van der Waals surface area contributed by atoms with Crippen LogP contribution in [0.5, 0.6) is 0 Å². The largest absolute Gasteiger partial charge is 0.447 e. The zero-order chi connectivity index (χ0) is 15.1. The molecule has 1 aliphatic rings. The monoisotopic (exact) mass is 317 g/mol. The first-order chi connectivity index (χ1) is 10.1. The second kappa shape index (κ2) is 7.90. The third kappa shape index (κ3) is 5.08. The highest BCUT2D eigenvalue weighted by atomic mass is 32.2. The summed E-state index contributed by atoms with van der Waals surface area (Å²) in [6, 6.07) is 3.17. The highest BCUT2D eigenvalue weighted by Crippen LogP contribution is 2.13. The zero-order valence-electron chi connectivity index (χ0n) is 12.3. The third-order valence-electron chi connectivity index (χ3n) is 3.27. The maximum atomic E-state index is 12.1. The van der Waals surface area contributed by atoms with Gasteiger partial charge in [0, 0.05) is 26.2 Å². The van der Waals surface area contributed by atoms with Crippen LogP contribution in [0.2, 0.25) is 0 Å². The summed E-state index contributed by atoms with van der Waals surface area (Å²) in [7, 11) is -3.57. The van der Waals surface area contributed by atoms with Crippen molar-refractivity contribution in [3.63, 3.8) is 0 Å². The minimum Gasteiger partial charge on any atom is -0.447 e. The minimum atomic E-state index is -3.57. The van der Waals surface area contributed by atoms with E-state index >= 15 is 0 Å². The number of nitrogens with one attached hydrogen (secondary N) is 2. The molecule has 0 saturated carbocycles. The molecule has 0 bridgehead atoms. The van der Waals surface area contributed by atoms with Gasteiger partial charge in [-0.2, -0.15) is 0 Å². The maximum absolute atomic E-state index is 12.1. The number of ether oxygens (including phenoxy) is 1. The fourth-order valence-electron chi connectivity index (χ4n) is 2.08. The zero-order valence-corrected chi connectivity index (χ0v) is 13.1. The van der Waals surface area contributed by atoms with Crippen molar-refractivity contribution in [3.8, 4) is 0 Å². The van der Waals surface area contributed by atoms with Gasteiger partial charge in [-0.25, -0.2) is 13.1 Å². The molecule has 0 atom stereocenters. The number of rotatable bonds is 8. The maximum Gasteiger partial charge on any atom is 0.274 e. The molecule has 1 aliphatic heterocycles. The molecule has 1 aromatic heterocycles. The Balaban J connectivity index is 1.81. The standard InChI is InChI=1S/C13H23N3O4S/c1-2-14-11-12-3-4-13(20-12)21(17,18)15-5-6-16-7-9-19-10-8-16/h3-4,14-15H,2,5-11H2,1H3. The van der Waals surface area contributed by atoms with Crippen molar-refractivity contribution in [2.45, 2.75) is 18.6 Å². The number of nitrogens with zero attached hydrogens (tertiary/aromatic N) is 1. The van der Waals surface area contributed by atoms with Crippen molar-refractivity contribution in [1.29, 1.82) is 0 Å². The number of morpholine rings is 1. The Morgan fingerprint density at radius 2 is 2.05 bits per heavy atom. The van der Waals surface area contributed by atoms with Crippen LogP contribution in [0.4, 0.5) is 0 Å². The van der Waals surface area contributed by atoms with Crippen LogP contribution >= 0.6 is 0 Å². The summed E-state index contributed by atoms with van der Waals surface area (Å²) in [6.07, 6.45) is 0. The number of furan rings is 1. The summed E-state index contributed by atoms with van der Waals surface area (Å²) in [4.78, 5) is 2.17. The van der Waals surface area contributed by atoms with Gasteiger partial charge in [-0.05, 0) is 18.7 Å². The molecule has 0 amide bonds. The molecule has 0 radical (unpaired) electrons. The van der Waals surface area contributed by atoms with Crippen LogP contribution < -0.4 is 10.0 Å². The van der Waals surface area contributed by atoms with E-state index in [1.54, 1.807) is 6.07 Å². The molecular formula is C13H23N3O4S. The van der Waals surface area contributed by atoms with E-state index in [4.69, 9.17) is 9.15 Å². The fourth-order valence-corrected chi connectivity index (χ4v) is 3.05. The predicted molar refractivity (Wildman–Crippen MR) is 78.5 cm³/mol. The van der Waals surface area contributed by atoms with E-state index < -0.39 is 10.0 Å². The summed E-state index contributed by atoms with van der Waals surface area (Å²) >= 11 is 0. The Kier molecular flexibility index (Phi) is 6.19. The SMILES string of the molecule is CCNCc1ccc(S(=O)(=O)NCCN2CCOCC2)o1. The van der Waals surface area contributed by atoms with Crippen LogP contribution in [0, 0.1) is 0 Å². The van der Waals surface area contributed by atoms with E-state index in [0.717, 1.165) is 19.6 Å². The van der Waals surface area contributed by atoms with Crippen molar-refractivity contribution in [2.24, 2.45) is 0 Å². The van der Waals surface area contributed by atoms with Gasteiger partial charge in [0.25, 0.3) is 10.0 Å². The van der Waals surface area contributed by atoms with Crippen molar-refractivity contribution in [2.75, 3.05) is 45.9 Å². The molecule has 2 N–H and O–H groups in total. The van der Waals surface area contributed by atoms with Crippen molar-refractivity contribution >= 4 is 10.0 Å². The van der Waals surface area contributed by atoms with E-state index in [0.29, 0.717) is 38.6 Å². The molecule has 0 unspecified atom stereocenters. The third-order valence-corrected chi connectivity index (χ3v) is 4.61. The van der Waals surface area contributed by atoms with Crippen LogP contribution in [0.25, 0.3) is 0 Å². The predicted octanol–water partition coefficient (Wildman–Crippen LogP) is -0.000400. The summed E-state index contributed by atoms with van der Waals surface area (Å²) < 4.78 is 37.3. The summed E-state index contributed by atoms with van der Waals surface area (Å²) in [5.74, 6) is 0.616. The Bertz CT molecular complexity index is 523. The van der Waals surface area contributed by atoms with E-state index in [1.165, 1.54) is 6.07 Å². The molecule has 0 aliphatic carbocycles. The molecule has 0 spiro atoms. The second-order valence-corrected chi connectivity index (χ2v) is 6.55. The molecule has 7 nitrogen and oxygen atoms in total. The molecular weight excluding hydrogens is 294 g/mol. The van der Waals surface area contributed by atoms with Crippen molar-refractivity contribution < 1.29 is 17.6 Å². The molecule has 1 aromatic rings. The van der Waals surface area contributed by atoms with Crippen LogP contribution in [-0.2, 0) is 21.3 Å². The summed E-state index contributed by atoms with van der Waals surface area (Å²) in [6.45, 7) is 7.45. The first-order valence-corrected chi connectivity index (χ1v) is 8.69. The van der Waals surface area contributed by atoms with Crippen molar-refractivity contribution in [1.82, 2.24) is 14.9 Å². The second-order valence-electron chi connectivity index (χ2n) is 4.85. The lowest BCUT2D eigenvalue weighted by Crippen LogP contribution is -2.41. The highest BCUT2D eigenvalue weighted by Gasteiger charge is 2.19. The topological polar surface area (TPSA) is 83.8 Å². The lowest BCUT2D eigenvalue weighted by molar-refractivity contribution is 0.0390. The molecule has 21 heavy (non-hydrogen) atoms. The van der Waals surface area contributed by atoms with Gasteiger partial charge < -0.3 is 14.5 Å². The first kappa shape index (κ1) is 16.4. The fraction of sp³-hybridized carbons (Fsp3) is 0.692. The summed E-state index contributed by atoms with van der Waals surface area (Å²) in [5.41, 5.74) is 0. The van der Waals surface area contributed by atoms with Gasteiger partial charge in [-0.15, -0.1) is 0 Å². The van der Waals surface area contributed by atoms with E-state index in [2.05, 4.69) is 14.9 Å². The lowest BCUT2D eigenvalue weighted by atomic mass is 10.4. The van der Waals surface area contributed by atoms with Gasteiger partial charge in [-0.1, -0.05) is 6.92 Å². The Labute approximate surface area is 125 Å². The molecule has 1 saturated heterocycles. The number of hydrogen-bond acceptors (Lipinski definition) is 6. The molecule has 1 fully saturated rings. The molecule has 2 rings (SSSR count). The Morgan fingerprint density at radius 3 is 2.76 bits per heavy atom. The Morgan fingerprint density at radius 1 is 1.29 bits per heavy atom. The lowest BCUT2D eigenvalue weighted by Gasteiger charge is -2.26. The number of sulfonamides is 1. The van der Waals surface area contributed by atoms with E-state index in [9.17, 15) is 8.42 Å². The average molecular weight is 317 g/mol. The van der Waals surface area contributed by atoms with Crippen LogP contribution in [-0.4, -0.2) is 59.3 Å². The van der Waals surface area contributed by atoms with Crippen LogP contribution in [0.1, 0.15) is 12.7 Å². The average Bonchev–Trinajstić information content (AvgIpc) is 2.96. The van der Waals surface area contributed by atoms with E-state index in [-0.39, 0.29) is 5.09 Å². The highest BCUT2D eigenvalue weighted by molar-refractivity contribution is 7.89. The normalized spacial score (nSPS) is 17.2. The first-order valence-electron chi connectivity index (χ1n) is 7.21. The van der Waals surface area contributed by atoms with Gasteiger partial charge in [0.05, 0.1) is 19.8 Å². The number of hydrogen-bond donors (Lipinski definition) is 2. The summed E-state index contributed by atoms with van der Waals surface area (Å²) in [5, 5.41) is 3.06. The smallest absolute Gasteiger partial charge is 0.274 e. The molecule has 0 aromatic carbocycles. The van der Waals surface area contributed by atoms with E-state index in [1.807, 2.05) is 6.92 Å². The van der Waals surface area contributed by atoms with Gasteiger partial charge in [0.15, 0.2) is 0 Å². The van der Waals surface area contributed by atoms with Gasteiger partial charge in [0.2, 0.25) is 5.09 Å².